The summed E-state index contributed by atoms with van der Waals surface area (Å²) in [6.45, 7) is 2.20. The van der Waals surface area contributed by atoms with Crippen LogP contribution in [0.4, 0.5) is 8.39 Å². The predicted molar refractivity (Wildman–Crippen MR) is 51.5 cm³/mol. The SMILES string of the molecule is CC1COP(F)O1.O=C=NC1COP(F)O1. The van der Waals surface area contributed by atoms with Crippen LogP contribution in [0.5, 0.6) is 0 Å². The summed E-state index contributed by atoms with van der Waals surface area (Å²) in [6, 6.07) is 0. The Morgan fingerprint density at radius 1 is 1.25 bits per heavy atom. The molecule has 10 heteroatoms. The first-order valence-electron chi connectivity index (χ1n) is 4.20. The minimum absolute atomic E-state index is 0.0114. The van der Waals surface area contributed by atoms with Crippen molar-refractivity contribution in [3.8, 4) is 0 Å². The Kier molecular flexibility index (Phi) is 6.39. The average Bonchev–Trinajstić information content (AvgIpc) is 2.78. The Hall–Kier alpha value is -0.0600. The molecule has 0 radical (unpaired) electrons. The summed E-state index contributed by atoms with van der Waals surface area (Å²) in [5.41, 5.74) is 0. The number of isocyanates is 1. The van der Waals surface area contributed by atoms with E-state index in [4.69, 9.17) is 0 Å². The molecule has 0 bridgehead atoms. The van der Waals surface area contributed by atoms with Crippen LogP contribution >= 0.6 is 17.4 Å². The van der Waals surface area contributed by atoms with Crippen LogP contribution in [-0.2, 0) is 22.9 Å². The Morgan fingerprint density at radius 2 is 1.88 bits per heavy atom. The summed E-state index contributed by atoms with van der Waals surface area (Å²) in [6.07, 6.45) is 0.420. The van der Waals surface area contributed by atoms with Crippen molar-refractivity contribution in [3.63, 3.8) is 0 Å². The second kappa shape index (κ2) is 7.30. The van der Waals surface area contributed by atoms with Gasteiger partial charge in [-0.25, -0.2) is 4.79 Å². The van der Waals surface area contributed by atoms with Gasteiger partial charge in [0.15, 0.2) is 6.23 Å². The molecule has 2 heterocycles. The van der Waals surface area contributed by atoms with E-state index in [1.807, 2.05) is 0 Å². The van der Waals surface area contributed by atoms with Crippen molar-refractivity contribution in [3.05, 3.63) is 0 Å². The van der Waals surface area contributed by atoms with E-state index >= 15 is 0 Å². The number of hydrogen-bond acceptors (Lipinski definition) is 6. The molecular formula is C6H9F2NO5P2. The number of halogens is 2. The normalized spacial score (nSPS) is 37.4. The summed E-state index contributed by atoms with van der Waals surface area (Å²) in [7, 11) is -4.29. The second-order valence-electron chi connectivity index (χ2n) is 2.71. The molecule has 2 aliphatic heterocycles. The van der Waals surface area contributed by atoms with Gasteiger partial charge in [-0.1, -0.05) is 0 Å². The molecule has 92 valence electrons. The largest absolute Gasteiger partial charge is 0.377 e. The molecule has 4 atom stereocenters. The first-order chi connectivity index (χ1) is 7.61. The van der Waals surface area contributed by atoms with Crippen molar-refractivity contribution in [1.29, 1.82) is 0 Å². The third-order valence-corrected chi connectivity index (χ3v) is 3.03. The summed E-state index contributed by atoms with van der Waals surface area (Å²) < 4.78 is 41.4. The Labute approximate surface area is 93.0 Å². The maximum Gasteiger partial charge on any atom is 0.377 e. The quantitative estimate of drug-likeness (QED) is 0.418. The van der Waals surface area contributed by atoms with Gasteiger partial charge in [0.2, 0.25) is 6.08 Å². The molecule has 0 N–H and O–H groups in total. The van der Waals surface area contributed by atoms with Gasteiger partial charge in [0.25, 0.3) is 0 Å². The van der Waals surface area contributed by atoms with E-state index in [2.05, 4.69) is 23.1 Å². The topological polar surface area (TPSA) is 66.4 Å². The second-order valence-corrected chi connectivity index (χ2v) is 4.50. The summed E-state index contributed by atoms with van der Waals surface area (Å²) in [5.74, 6) is 0. The highest BCUT2D eigenvalue weighted by atomic mass is 31.2. The van der Waals surface area contributed by atoms with Crippen LogP contribution in [0.3, 0.4) is 0 Å². The van der Waals surface area contributed by atoms with Gasteiger partial charge in [0, 0.05) is 0 Å². The van der Waals surface area contributed by atoms with Crippen LogP contribution in [0.25, 0.3) is 0 Å². The molecule has 4 unspecified atom stereocenters. The molecule has 2 rings (SSSR count). The van der Waals surface area contributed by atoms with Crippen molar-refractivity contribution >= 4 is 23.5 Å². The number of aliphatic imine (C=N–C) groups is 1. The zero-order chi connectivity index (χ0) is 12.0. The van der Waals surface area contributed by atoms with E-state index in [0.29, 0.717) is 6.61 Å². The first kappa shape index (κ1) is 14.0. The fraction of sp³-hybridized carbons (Fsp3) is 0.833. The molecule has 0 spiro atoms. The van der Waals surface area contributed by atoms with E-state index in [-0.39, 0.29) is 12.7 Å². The highest BCUT2D eigenvalue weighted by Gasteiger charge is 2.26. The Balaban J connectivity index is 0.000000165. The van der Waals surface area contributed by atoms with Gasteiger partial charge in [-0.05, 0) is 6.92 Å². The summed E-state index contributed by atoms with van der Waals surface area (Å²) in [4.78, 5) is 12.6. The maximum atomic E-state index is 11.9. The molecule has 2 fully saturated rings. The van der Waals surface area contributed by atoms with Crippen LogP contribution in [-0.4, -0.2) is 31.6 Å². The van der Waals surface area contributed by atoms with Crippen LogP contribution < -0.4 is 0 Å². The number of nitrogens with zero attached hydrogens (tertiary/aromatic N) is 1. The van der Waals surface area contributed by atoms with E-state index in [1.54, 1.807) is 6.92 Å². The lowest BCUT2D eigenvalue weighted by Gasteiger charge is -1.92. The van der Waals surface area contributed by atoms with Crippen molar-refractivity contribution < 1.29 is 31.3 Å². The van der Waals surface area contributed by atoms with Crippen molar-refractivity contribution in [2.24, 2.45) is 4.99 Å². The van der Waals surface area contributed by atoms with Crippen LogP contribution in [0.2, 0.25) is 0 Å². The molecule has 2 saturated heterocycles. The number of carbonyl (C=O) groups excluding carboxylic acids is 1. The maximum absolute atomic E-state index is 11.9. The summed E-state index contributed by atoms with van der Waals surface area (Å²) >= 11 is 0. The zero-order valence-electron chi connectivity index (χ0n) is 8.21. The average molecular weight is 275 g/mol. The van der Waals surface area contributed by atoms with E-state index in [0.717, 1.165) is 0 Å². The molecule has 6 nitrogen and oxygen atoms in total. The summed E-state index contributed by atoms with van der Waals surface area (Å²) in [5, 5.41) is 0. The van der Waals surface area contributed by atoms with E-state index < -0.39 is 23.6 Å². The highest BCUT2D eigenvalue weighted by Crippen LogP contribution is 2.46. The van der Waals surface area contributed by atoms with Crippen LogP contribution in [0, 0.1) is 0 Å². The molecule has 0 aliphatic carbocycles. The van der Waals surface area contributed by atoms with Crippen molar-refractivity contribution in [2.75, 3.05) is 13.2 Å². The molecule has 0 aromatic carbocycles. The van der Waals surface area contributed by atoms with Gasteiger partial charge in [0.1, 0.15) is 6.61 Å². The minimum Gasteiger partial charge on any atom is -0.306 e. The van der Waals surface area contributed by atoms with Crippen LogP contribution in [0.15, 0.2) is 4.99 Å². The van der Waals surface area contributed by atoms with Gasteiger partial charge in [-0.15, -0.1) is 0 Å². The zero-order valence-corrected chi connectivity index (χ0v) is 10.00. The fourth-order valence-electron chi connectivity index (χ4n) is 0.764. The van der Waals surface area contributed by atoms with Crippen LogP contribution in [0.1, 0.15) is 6.92 Å². The monoisotopic (exact) mass is 275 g/mol. The third-order valence-electron chi connectivity index (χ3n) is 1.39. The first-order valence-corrected chi connectivity index (χ1v) is 6.33. The van der Waals surface area contributed by atoms with Gasteiger partial charge < -0.3 is 13.6 Å². The lowest BCUT2D eigenvalue weighted by atomic mass is 10.5. The Bertz CT molecular complexity index is 259. The highest BCUT2D eigenvalue weighted by molar-refractivity contribution is 7.41. The van der Waals surface area contributed by atoms with Gasteiger partial charge in [-0.2, -0.15) is 13.4 Å². The molecule has 0 amide bonds. The molecule has 0 saturated carbocycles. The minimum atomic E-state index is -2.29. The smallest absolute Gasteiger partial charge is 0.306 e. The predicted octanol–water partition coefficient (Wildman–Crippen LogP) is 2.51. The van der Waals surface area contributed by atoms with Gasteiger partial charge in [0.05, 0.1) is 12.7 Å². The molecule has 2 aliphatic rings. The third kappa shape index (κ3) is 5.32. The molecule has 0 aromatic rings. The molecular weight excluding hydrogens is 266 g/mol. The Morgan fingerprint density at radius 3 is 2.19 bits per heavy atom. The van der Waals surface area contributed by atoms with E-state index in [9.17, 15) is 13.2 Å². The number of rotatable bonds is 1. The molecule has 16 heavy (non-hydrogen) atoms. The fourth-order valence-corrected chi connectivity index (χ4v) is 2.10. The van der Waals surface area contributed by atoms with E-state index in [1.165, 1.54) is 6.08 Å². The number of hydrogen-bond donors (Lipinski definition) is 0. The molecule has 0 aromatic heterocycles. The van der Waals surface area contributed by atoms with Crippen molar-refractivity contribution in [1.82, 2.24) is 0 Å². The lowest BCUT2D eigenvalue weighted by Crippen LogP contribution is -2.02. The van der Waals surface area contributed by atoms with Gasteiger partial charge in [-0.3, -0.25) is 4.52 Å². The standard InChI is InChI=1S/C3H3FNO3P.C3H6FO2P/c4-9-7-1-3(8-9)5-2-6;1-3-2-5-7(4)6-3/h3H,1H2;3H,2H2,1H3. The lowest BCUT2D eigenvalue weighted by molar-refractivity contribution is 0.248. The van der Waals surface area contributed by atoms with Crippen molar-refractivity contribution in [2.45, 2.75) is 19.3 Å². The van der Waals surface area contributed by atoms with Gasteiger partial charge >= 0.3 is 17.4 Å².